The van der Waals surface area contributed by atoms with Crippen LogP contribution in [0.1, 0.15) is 10.4 Å². The lowest BCUT2D eigenvalue weighted by Crippen LogP contribution is -2.13. The molecule has 0 fully saturated rings. The molecule has 0 atom stereocenters. The predicted molar refractivity (Wildman–Crippen MR) is 107 cm³/mol. The molecule has 148 valence electrons. The van der Waals surface area contributed by atoms with E-state index in [9.17, 15) is 24.1 Å². The number of hydrogen-bond acceptors (Lipinski definition) is 8. The van der Waals surface area contributed by atoms with Gasteiger partial charge in [-0.3, -0.25) is 25.0 Å². The van der Waals surface area contributed by atoms with Crippen LogP contribution in [0.5, 0.6) is 0 Å². The molecule has 0 aliphatic carbocycles. The van der Waals surface area contributed by atoms with E-state index in [1.54, 1.807) is 0 Å². The highest BCUT2D eigenvalue weighted by Crippen LogP contribution is 2.26. The number of nitrogens with zero attached hydrogens (tertiary/aromatic N) is 3. The smallest absolute Gasteiger partial charge is 0.269 e. The van der Waals surface area contributed by atoms with Crippen LogP contribution in [0.25, 0.3) is 0 Å². The van der Waals surface area contributed by atoms with E-state index >= 15 is 0 Å². The normalized spacial score (nSPS) is 10.4. The van der Waals surface area contributed by atoms with Gasteiger partial charge in [-0.1, -0.05) is 23.1 Å². The van der Waals surface area contributed by atoms with Crippen LogP contribution in [0.2, 0.25) is 0 Å². The Bertz CT molecular complexity index is 1040. The lowest BCUT2D eigenvalue weighted by molar-refractivity contribution is -0.384. The fourth-order valence-electron chi connectivity index (χ4n) is 2.08. The molecule has 1 heterocycles. The Morgan fingerprint density at radius 2 is 1.76 bits per heavy atom. The van der Waals surface area contributed by atoms with E-state index in [-0.39, 0.29) is 28.0 Å². The number of hydrogen-bond donors (Lipinski definition) is 2. The van der Waals surface area contributed by atoms with Crippen molar-refractivity contribution in [2.75, 3.05) is 16.4 Å². The number of halogens is 1. The predicted octanol–water partition coefficient (Wildman–Crippen LogP) is 3.57. The van der Waals surface area contributed by atoms with Crippen LogP contribution in [0, 0.1) is 15.9 Å². The minimum absolute atomic E-state index is 0.0392. The van der Waals surface area contributed by atoms with Crippen LogP contribution >= 0.6 is 23.1 Å². The van der Waals surface area contributed by atoms with Crippen molar-refractivity contribution < 1.29 is 18.9 Å². The van der Waals surface area contributed by atoms with Crippen LogP contribution in [0.15, 0.2) is 52.9 Å². The molecule has 0 aliphatic rings. The highest BCUT2D eigenvalue weighted by atomic mass is 32.2. The average molecular weight is 433 g/mol. The number of nitro benzene ring substituents is 1. The van der Waals surface area contributed by atoms with Gasteiger partial charge in [-0.05, 0) is 36.4 Å². The number of anilines is 2. The second-order valence-corrected chi connectivity index (χ2v) is 7.67. The van der Waals surface area contributed by atoms with Gasteiger partial charge in [-0.25, -0.2) is 4.39 Å². The first-order valence-corrected chi connectivity index (χ1v) is 9.78. The summed E-state index contributed by atoms with van der Waals surface area (Å²) < 4.78 is 13.4. The van der Waals surface area contributed by atoms with E-state index in [4.69, 9.17) is 0 Å². The molecule has 3 aromatic rings. The summed E-state index contributed by atoms with van der Waals surface area (Å²) in [6.45, 7) is 0. The number of nitrogens with one attached hydrogen (secondary N) is 2. The molecule has 3 rings (SSSR count). The maximum Gasteiger partial charge on any atom is 0.269 e. The van der Waals surface area contributed by atoms with Crippen molar-refractivity contribution in [1.82, 2.24) is 10.2 Å². The van der Waals surface area contributed by atoms with Crippen LogP contribution in [0.4, 0.5) is 20.9 Å². The van der Waals surface area contributed by atoms with Gasteiger partial charge in [0.1, 0.15) is 5.82 Å². The van der Waals surface area contributed by atoms with Crippen molar-refractivity contribution in [3.63, 3.8) is 0 Å². The molecule has 2 aromatic carbocycles. The first-order valence-electron chi connectivity index (χ1n) is 7.98. The molecular weight excluding hydrogens is 421 g/mol. The first-order chi connectivity index (χ1) is 13.9. The molecule has 0 unspecified atom stereocenters. The van der Waals surface area contributed by atoms with Crippen LogP contribution in [-0.4, -0.2) is 32.7 Å². The zero-order chi connectivity index (χ0) is 20.8. The third-order valence-corrected chi connectivity index (χ3v) is 5.39. The maximum absolute atomic E-state index is 12.9. The number of benzene rings is 2. The number of thioether (sulfide) groups is 1. The van der Waals surface area contributed by atoms with Gasteiger partial charge in [0.25, 0.3) is 11.6 Å². The Kier molecular flexibility index (Phi) is 6.46. The van der Waals surface area contributed by atoms with Gasteiger partial charge in [0, 0.05) is 23.4 Å². The van der Waals surface area contributed by atoms with Crippen LogP contribution in [0.3, 0.4) is 0 Å². The molecule has 9 nitrogen and oxygen atoms in total. The number of carbonyl (C=O) groups is 2. The van der Waals surface area contributed by atoms with E-state index in [2.05, 4.69) is 20.8 Å². The van der Waals surface area contributed by atoms with E-state index < -0.39 is 16.6 Å². The summed E-state index contributed by atoms with van der Waals surface area (Å²) in [4.78, 5) is 34.1. The average Bonchev–Trinajstić information content (AvgIpc) is 3.14. The van der Waals surface area contributed by atoms with Gasteiger partial charge in [-0.15, -0.1) is 10.2 Å². The van der Waals surface area contributed by atoms with E-state index in [0.717, 1.165) is 23.1 Å². The number of carbonyl (C=O) groups excluding carboxylic acids is 2. The first kappa shape index (κ1) is 20.4. The molecule has 0 saturated carbocycles. The fourth-order valence-corrected chi connectivity index (χ4v) is 3.63. The molecule has 1 aromatic heterocycles. The zero-order valence-corrected chi connectivity index (χ0v) is 16.1. The maximum atomic E-state index is 12.9. The Morgan fingerprint density at radius 1 is 1.07 bits per heavy atom. The molecular formula is C17H12FN5O4S2. The van der Waals surface area contributed by atoms with Crippen molar-refractivity contribution in [2.45, 2.75) is 4.34 Å². The number of amides is 2. The van der Waals surface area contributed by atoms with Gasteiger partial charge in [0.05, 0.1) is 10.7 Å². The largest absolute Gasteiger partial charge is 0.325 e. The second kappa shape index (κ2) is 9.21. The summed E-state index contributed by atoms with van der Waals surface area (Å²) in [7, 11) is 0. The Morgan fingerprint density at radius 3 is 2.41 bits per heavy atom. The van der Waals surface area contributed by atoms with E-state index in [1.807, 2.05) is 0 Å². The summed E-state index contributed by atoms with van der Waals surface area (Å²) >= 11 is 2.22. The summed E-state index contributed by atoms with van der Waals surface area (Å²) in [5.41, 5.74) is 0.644. The molecule has 0 radical (unpaired) electrons. The Labute approximate surface area is 171 Å². The number of non-ortho nitro benzene ring substituents is 1. The summed E-state index contributed by atoms with van der Waals surface area (Å²) in [5, 5.41) is 23.8. The van der Waals surface area contributed by atoms with Crippen LogP contribution in [-0.2, 0) is 4.79 Å². The van der Waals surface area contributed by atoms with Crippen LogP contribution < -0.4 is 10.6 Å². The SMILES string of the molecule is O=C(CSc1nnc(NC(=O)c2ccc(F)cc2)s1)Nc1ccc([N+](=O)[O-])cc1. The number of aromatic nitrogens is 2. The van der Waals surface area contributed by atoms with Gasteiger partial charge < -0.3 is 5.32 Å². The zero-order valence-electron chi connectivity index (χ0n) is 14.5. The van der Waals surface area contributed by atoms with Crippen molar-refractivity contribution in [2.24, 2.45) is 0 Å². The molecule has 0 saturated heterocycles. The highest BCUT2D eigenvalue weighted by molar-refractivity contribution is 8.01. The fraction of sp³-hybridized carbons (Fsp3) is 0.0588. The summed E-state index contributed by atoms with van der Waals surface area (Å²) in [5.74, 6) is -1.18. The van der Waals surface area contributed by atoms with Crippen molar-refractivity contribution in [3.8, 4) is 0 Å². The topological polar surface area (TPSA) is 127 Å². The second-order valence-electron chi connectivity index (χ2n) is 5.47. The number of rotatable bonds is 7. The molecule has 12 heteroatoms. The van der Waals surface area contributed by atoms with E-state index in [1.165, 1.54) is 48.5 Å². The minimum atomic E-state index is -0.524. The summed E-state index contributed by atoms with van der Waals surface area (Å²) in [6, 6.07) is 10.5. The Balaban J connectivity index is 1.49. The third-order valence-electron chi connectivity index (χ3n) is 3.42. The Hall–Kier alpha value is -3.38. The van der Waals surface area contributed by atoms with E-state index in [0.29, 0.717) is 10.0 Å². The number of nitro groups is 1. The highest BCUT2D eigenvalue weighted by Gasteiger charge is 2.12. The van der Waals surface area contributed by atoms with Gasteiger partial charge in [-0.2, -0.15) is 0 Å². The standard InChI is InChI=1S/C17H12FN5O4S2/c18-11-3-1-10(2-4-11)15(25)20-16-21-22-17(29-16)28-9-14(24)19-12-5-7-13(8-6-12)23(26)27/h1-8H,9H2,(H,19,24)(H,20,21,25). The molecule has 29 heavy (non-hydrogen) atoms. The van der Waals surface area contributed by atoms with Gasteiger partial charge in [0.15, 0.2) is 4.34 Å². The minimum Gasteiger partial charge on any atom is -0.325 e. The van der Waals surface area contributed by atoms with Gasteiger partial charge >= 0.3 is 0 Å². The summed E-state index contributed by atoms with van der Waals surface area (Å²) in [6.07, 6.45) is 0. The lowest BCUT2D eigenvalue weighted by atomic mass is 10.2. The third kappa shape index (κ3) is 5.80. The molecule has 0 spiro atoms. The quantitative estimate of drug-likeness (QED) is 0.252. The molecule has 0 aliphatic heterocycles. The van der Waals surface area contributed by atoms with Crippen molar-refractivity contribution in [3.05, 3.63) is 70.0 Å². The van der Waals surface area contributed by atoms with Crippen molar-refractivity contribution >= 4 is 51.4 Å². The molecule has 0 bridgehead atoms. The lowest BCUT2D eigenvalue weighted by Gasteiger charge is -2.03. The van der Waals surface area contributed by atoms with Crippen molar-refractivity contribution in [1.29, 1.82) is 0 Å². The monoisotopic (exact) mass is 433 g/mol. The van der Waals surface area contributed by atoms with Gasteiger partial charge in [0.2, 0.25) is 11.0 Å². The molecule has 2 amide bonds. The molecule has 2 N–H and O–H groups in total.